The fourth-order valence-electron chi connectivity index (χ4n) is 3.94. The summed E-state index contributed by atoms with van der Waals surface area (Å²) in [7, 11) is 3.51. The number of amides is 2. The molecule has 176 valence electrons. The number of rotatable bonds is 9. The van der Waals surface area contributed by atoms with Crippen LogP contribution >= 0.6 is 0 Å². The first-order valence-electron chi connectivity index (χ1n) is 11.7. The fraction of sp³-hybridized carbons (Fsp3) is 0.423. The third kappa shape index (κ3) is 6.81. The first-order valence-corrected chi connectivity index (χ1v) is 11.7. The lowest BCUT2D eigenvalue weighted by molar-refractivity contribution is -0.118. The monoisotopic (exact) mass is 449 g/mol. The maximum Gasteiger partial charge on any atom is 0.253 e. The lowest BCUT2D eigenvalue weighted by atomic mass is 10.1. The predicted molar refractivity (Wildman–Crippen MR) is 134 cm³/mol. The number of hydrogen-bond donors (Lipinski definition) is 2. The minimum atomic E-state index is 0.00618. The molecule has 2 N–H and O–H groups in total. The zero-order valence-electron chi connectivity index (χ0n) is 19.9. The largest absolute Gasteiger partial charge is 0.357 e. The Labute approximate surface area is 196 Å². The molecule has 2 aromatic carbocycles. The van der Waals surface area contributed by atoms with Gasteiger partial charge >= 0.3 is 0 Å². The quantitative estimate of drug-likeness (QED) is 0.351. The highest BCUT2D eigenvalue weighted by molar-refractivity contribution is 5.95. The highest BCUT2D eigenvalue weighted by Gasteiger charge is 2.23. The van der Waals surface area contributed by atoms with E-state index in [1.54, 1.807) is 19.0 Å². The van der Waals surface area contributed by atoms with Crippen molar-refractivity contribution in [2.24, 2.45) is 4.99 Å². The number of guanidine groups is 1. The van der Waals surface area contributed by atoms with E-state index in [0.717, 1.165) is 43.1 Å². The van der Waals surface area contributed by atoms with Crippen molar-refractivity contribution >= 4 is 23.5 Å². The van der Waals surface area contributed by atoms with Crippen LogP contribution in [0.2, 0.25) is 0 Å². The molecule has 0 unspecified atom stereocenters. The number of nitrogens with zero attached hydrogens (tertiary/aromatic N) is 3. The van der Waals surface area contributed by atoms with Crippen LogP contribution in [0.4, 0.5) is 5.69 Å². The molecule has 7 heteroatoms. The SMILES string of the molecule is CCNC(=NCCCC(=O)N1CCc2ccccc21)NCCc1cccc(C(=O)N(C)C)c1. The van der Waals surface area contributed by atoms with Crippen LogP contribution in [0.3, 0.4) is 0 Å². The van der Waals surface area contributed by atoms with E-state index < -0.39 is 0 Å². The number of benzene rings is 2. The van der Waals surface area contributed by atoms with Gasteiger partial charge in [0.1, 0.15) is 0 Å². The van der Waals surface area contributed by atoms with Gasteiger partial charge in [-0.15, -0.1) is 0 Å². The molecule has 33 heavy (non-hydrogen) atoms. The summed E-state index contributed by atoms with van der Waals surface area (Å²) in [5.41, 5.74) is 4.10. The molecule has 0 saturated heterocycles. The van der Waals surface area contributed by atoms with Gasteiger partial charge in [-0.25, -0.2) is 0 Å². The summed E-state index contributed by atoms with van der Waals surface area (Å²) in [5, 5.41) is 6.60. The van der Waals surface area contributed by atoms with Gasteiger partial charge in [0.2, 0.25) is 5.91 Å². The molecule has 0 atom stereocenters. The summed E-state index contributed by atoms with van der Waals surface area (Å²) in [5.74, 6) is 0.920. The summed E-state index contributed by atoms with van der Waals surface area (Å²) in [4.78, 5) is 32.9. The van der Waals surface area contributed by atoms with Crippen molar-refractivity contribution in [3.63, 3.8) is 0 Å². The van der Waals surface area contributed by atoms with E-state index in [9.17, 15) is 9.59 Å². The highest BCUT2D eigenvalue weighted by atomic mass is 16.2. The van der Waals surface area contributed by atoms with Gasteiger partial charge in [-0.1, -0.05) is 30.3 Å². The molecule has 0 spiro atoms. The molecule has 0 aliphatic carbocycles. The van der Waals surface area contributed by atoms with Crippen molar-refractivity contribution in [2.75, 3.05) is 45.2 Å². The van der Waals surface area contributed by atoms with Crippen LogP contribution in [0.5, 0.6) is 0 Å². The molecule has 1 aliphatic rings. The number of carbonyl (C=O) groups excluding carboxylic acids is 2. The highest BCUT2D eigenvalue weighted by Crippen LogP contribution is 2.28. The molecular formula is C26H35N5O2. The molecule has 3 rings (SSSR count). The molecule has 7 nitrogen and oxygen atoms in total. The Morgan fingerprint density at radius 1 is 1.09 bits per heavy atom. The molecule has 0 radical (unpaired) electrons. The van der Waals surface area contributed by atoms with Crippen LogP contribution in [0.15, 0.2) is 53.5 Å². The standard InChI is InChI=1S/C26H35N5O2/c1-4-27-26(29-17-14-20-9-7-11-22(19-20)25(33)30(2)3)28-16-8-13-24(32)31-18-15-21-10-5-6-12-23(21)31/h5-7,9-12,19H,4,8,13-18H2,1-3H3,(H2,27,28,29). The minimum Gasteiger partial charge on any atom is -0.357 e. The van der Waals surface area contributed by atoms with E-state index in [1.807, 2.05) is 54.3 Å². The van der Waals surface area contributed by atoms with Crippen molar-refractivity contribution in [3.8, 4) is 0 Å². The smallest absolute Gasteiger partial charge is 0.253 e. The maximum absolute atomic E-state index is 12.6. The lowest BCUT2D eigenvalue weighted by Gasteiger charge is -2.17. The number of anilines is 1. The van der Waals surface area contributed by atoms with Crippen LogP contribution in [0.25, 0.3) is 0 Å². The van der Waals surface area contributed by atoms with Gasteiger partial charge in [-0.3, -0.25) is 14.6 Å². The lowest BCUT2D eigenvalue weighted by Crippen LogP contribution is -2.38. The van der Waals surface area contributed by atoms with E-state index in [0.29, 0.717) is 31.5 Å². The summed E-state index contributed by atoms with van der Waals surface area (Å²) in [6.45, 7) is 4.86. The van der Waals surface area contributed by atoms with Crippen molar-refractivity contribution < 1.29 is 9.59 Å². The summed E-state index contributed by atoms with van der Waals surface area (Å²) in [6.07, 6.45) is 2.92. The van der Waals surface area contributed by atoms with E-state index in [-0.39, 0.29) is 11.8 Å². The second kappa shape index (κ2) is 12.0. The third-order valence-corrected chi connectivity index (χ3v) is 5.64. The minimum absolute atomic E-state index is 0.00618. The number of aliphatic imine (C=N–C) groups is 1. The Morgan fingerprint density at radius 2 is 1.91 bits per heavy atom. The second-order valence-electron chi connectivity index (χ2n) is 8.37. The fourth-order valence-corrected chi connectivity index (χ4v) is 3.94. The van der Waals surface area contributed by atoms with Crippen LogP contribution in [0, 0.1) is 0 Å². The molecule has 2 amide bonds. The van der Waals surface area contributed by atoms with Crippen LogP contribution in [-0.2, 0) is 17.6 Å². The van der Waals surface area contributed by atoms with Crippen molar-refractivity contribution in [1.29, 1.82) is 0 Å². The number of carbonyl (C=O) groups is 2. The molecule has 1 aliphatic heterocycles. The Hall–Kier alpha value is -3.35. The average Bonchev–Trinajstić information content (AvgIpc) is 3.25. The average molecular weight is 450 g/mol. The third-order valence-electron chi connectivity index (χ3n) is 5.64. The summed E-state index contributed by atoms with van der Waals surface area (Å²) in [6, 6.07) is 15.9. The van der Waals surface area contributed by atoms with Crippen LogP contribution < -0.4 is 15.5 Å². The zero-order valence-corrected chi connectivity index (χ0v) is 19.9. The number of fused-ring (bicyclic) bond motifs is 1. The molecular weight excluding hydrogens is 414 g/mol. The topological polar surface area (TPSA) is 77.0 Å². The van der Waals surface area contributed by atoms with Crippen molar-refractivity contribution in [1.82, 2.24) is 15.5 Å². The first kappa shape index (κ1) is 24.3. The maximum atomic E-state index is 12.6. The zero-order chi connectivity index (χ0) is 23.6. The Kier molecular flexibility index (Phi) is 8.87. The Morgan fingerprint density at radius 3 is 2.70 bits per heavy atom. The van der Waals surface area contributed by atoms with Gasteiger partial charge in [0, 0.05) is 57.9 Å². The van der Waals surface area contributed by atoms with E-state index in [4.69, 9.17) is 0 Å². The van der Waals surface area contributed by atoms with E-state index in [2.05, 4.69) is 21.7 Å². The number of nitrogens with one attached hydrogen (secondary N) is 2. The number of hydrogen-bond acceptors (Lipinski definition) is 3. The molecule has 0 fully saturated rings. The van der Waals surface area contributed by atoms with E-state index in [1.165, 1.54) is 5.56 Å². The molecule has 0 saturated carbocycles. The van der Waals surface area contributed by atoms with Gasteiger partial charge in [-0.05, 0) is 55.5 Å². The molecule has 0 aromatic heterocycles. The van der Waals surface area contributed by atoms with Gasteiger partial charge in [-0.2, -0.15) is 0 Å². The molecule has 2 aromatic rings. The van der Waals surface area contributed by atoms with Gasteiger partial charge < -0.3 is 20.4 Å². The Balaban J connectivity index is 1.45. The summed E-state index contributed by atoms with van der Waals surface area (Å²) >= 11 is 0. The molecule has 1 heterocycles. The van der Waals surface area contributed by atoms with Crippen molar-refractivity contribution in [3.05, 3.63) is 65.2 Å². The normalized spacial score (nSPS) is 12.9. The van der Waals surface area contributed by atoms with Crippen molar-refractivity contribution in [2.45, 2.75) is 32.6 Å². The number of para-hydroxylation sites is 1. The van der Waals surface area contributed by atoms with Crippen LogP contribution in [0.1, 0.15) is 41.3 Å². The first-order chi connectivity index (χ1) is 16.0. The summed E-state index contributed by atoms with van der Waals surface area (Å²) < 4.78 is 0. The van der Waals surface area contributed by atoms with E-state index >= 15 is 0 Å². The predicted octanol–water partition coefficient (Wildman–Crippen LogP) is 2.86. The molecule has 0 bridgehead atoms. The van der Waals surface area contributed by atoms with Crippen LogP contribution in [-0.4, -0.2) is 62.9 Å². The second-order valence-corrected chi connectivity index (χ2v) is 8.37. The Bertz CT molecular complexity index is 986. The van der Waals surface area contributed by atoms with Gasteiger partial charge in [0.25, 0.3) is 5.91 Å². The van der Waals surface area contributed by atoms with Gasteiger partial charge in [0.05, 0.1) is 0 Å². The van der Waals surface area contributed by atoms with Gasteiger partial charge in [0.15, 0.2) is 5.96 Å².